The molecule has 1 aromatic heterocycles. The van der Waals surface area contributed by atoms with E-state index in [9.17, 15) is 4.79 Å². The van der Waals surface area contributed by atoms with Crippen molar-refractivity contribution in [3.63, 3.8) is 0 Å². The summed E-state index contributed by atoms with van der Waals surface area (Å²) in [6.45, 7) is 1.84. The third kappa shape index (κ3) is 4.92. The minimum absolute atomic E-state index is 0.337. The highest BCUT2D eigenvalue weighted by molar-refractivity contribution is 7.18. The standard InChI is InChI=1S/C19H17Cl2N3O3S/c1-3-15(27-16-10-12(20)6-9-14(16)21)17(25)22-19-24-23-18(28-19)11-4-7-13(26-2)8-5-11/h4-10,15H,3H2,1-2H3,(H,22,24,25)/t15-/m1/s1. The van der Waals surface area contributed by atoms with Crippen molar-refractivity contribution in [2.45, 2.75) is 19.4 Å². The maximum atomic E-state index is 12.6. The fourth-order valence-electron chi connectivity index (χ4n) is 2.35. The molecule has 2 aromatic carbocycles. The maximum Gasteiger partial charge on any atom is 0.267 e. The predicted octanol–water partition coefficient (Wildman–Crippen LogP) is 5.32. The van der Waals surface area contributed by atoms with Crippen molar-refractivity contribution in [3.05, 3.63) is 52.5 Å². The summed E-state index contributed by atoms with van der Waals surface area (Å²) in [7, 11) is 1.61. The third-order valence-electron chi connectivity index (χ3n) is 3.82. The van der Waals surface area contributed by atoms with E-state index in [2.05, 4.69) is 15.5 Å². The first kappa shape index (κ1) is 20.4. The van der Waals surface area contributed by atoms with Gasteiger partial charge in [-0.2, -0.15) is 0 Å². The summed E-state index contributed by atoms with van der Waals surface area (Å²) in [5, 5.41) is 12.8. The predicted molar refractivity (Wildman–Crippen MR) is 112 cm³/mol. The van der Waals surface area contributed by atoms with E-state index in [0.29, 0.717) is 32.4 Å². The second-order valence-corrected chi connectivity index (χ2v) is 7.54. The van der Waals surface area contributed by atoms with Crippen LogP contribution in [0.25, 0.3) is 10.6 Å². The molecule has 0 aliphatic heterocycles. The van der Waals surface area contributed by atoms with Crippen LogP contribution in [0.2, 0.25) is 10.0 Å². The molecule has 1 N–H and O–H groups in total. The van der Waals surface area contributed by atoms with Gasteiger partial charge in [-0.3, -0.25) is 10.1 Å². The lowest BCUT2D eigenvalue weighted by Crippen LogP contribution is -2.32. The number of rotatable bonds is 7. The minimum Gasteiger partial charge on any atom is -0.497 e. The van der Waals surface area contributed by atoms with Crippen molar-refractivity contribution in [2.75, 3.05) is 12.4 Å². The van der Waals surface area contributed by atoms with Crippen molar-refractivity contribution < 1.29 is 14.3 Å². The topological polar surface area (TPSA) is 73.3 Å². The largest absolute Gasteiger partial charge is 0.497 e. The molecule has 3 aromatic rings. The number of benzene rings is 2. The van der Waals surface area contributed by atoms with E-state index in [0.717, 1.165) is 11.3 Å². The van der Waals surface area contributed by atoms with Gasteiger partial charge in [-0.1, -0.05) is 41.5 Å². The molecule has 146 valence electrons. The first-order valence-corrected chi connectivity index (χ1v) is 9.98. The van der Waals surface area contributed by atoms with Crippen LogP contribution >= 0.6 is 34.5 Å². The molecular weight excluding hydrogens is 421 g/mol. The zero-order valence-electron chi connectivity index (χ0n) is 15.1. The lowest BCUT2D eigenvalue weighted by Gasteiger charge is -2.17. The number of anilines is 1. The van der Waals surface area contributed by atoms with E-state index in [1.807, 2.05) is 31.2 Å². The van der Waals surface area contributed by atoms with Crippen LogP contribution in [0.4, 0.5) is 5.13 Å². The van der Waals surface area contributed by atoms with Crippen LogP contribution in [0.15, 0.2) is 42.5 Å². The van der Waals surface area contributed by atoms with Crippen LogP contribution in [-0.4, -0.2) is 29.3 Å². The zero-order chi connectivity index (χ0) is 20.1. The van der Waals surface area contributed by atoms with E-state index in [1.54, 1.807) is 25.3 Å². The van der Waals surface area contributed by atoms with Crippen molar-refractivity contribution in [3.8, 4) is 22.1 Å². The van der Waals surface area contributed by atoms with Gasteiger partial charge in [-0.15, -0.1) is 10.2 Å². The Morgan fingerprint density at radius 2 is 1.93 bits per heavy atom. The number of ether oxygens (including phenoxy) is 2. The Bertz CT molecular complexity index is 963. The molecule has 0 spiro atoms. The summed E-state index contributed by atoms with van der Waals surface area (Å²) in [5.74, 6) is 0.771. The SMILES string of the molecule is CC[C@@H](Oc1cc(Cl)ccc1Cl)C(=O)Nc1nnc(-c2ccc(OC)cc2)s1. The quantitative estimate of drug-likeness (QED) is 0.541. The second-order valence-electron chi connectivity index (χ2n) is 5.72. The summed E-state index contributed by atoms with van der Waals surface area (Å²) in [6.07, 6.45) is -0.303. The monoisotopic (exact) mass is 437 g/mol. The number of nitrogens with zero attached hydrogens (tertiary/aromatic N) is 2. The molecule has 0 aliphatic carbocycles. The first-order valence-electron chi connectivity index (χ1n) is 8.40. The number of amides is 1. The lowest BCUT2D eigenvalue weighted by molar-refractivity contribution is -0.122. The van der Waals surface area contributed by atoms with Gasteiger partial charge in [-0.25, -0.2) is 0 Å². The average molecular weight is 438 g/mol. The molecule has 0 unspecified atom stereocenters. The van der Waals surface area contributed by atoms with Crippen molar-refractivity contribution >= 4 is 45.6 Å². The molecule has 0 saturated carbocycles. The van der Waals surface area contributed by atoms with Gasteiger partial charge >= 0.3 is 0 Å². The zero-order valence-corrected chi connectivity index (χ0v) is 17.4. The summed E-state index contributed by atoms with van der Waals surface area (Å²) in [4.78, 5) is 12.6. The number of aromatic nitrogens is 2. The summed E-state index contributed by atoms with van der Waals surface area (Å²) < 4.78 is 10.9. The molecule has 1 heterocycles. The van der Waals surface area contributed by atoms with E-state index in [-0.39, 0.29) is 5.91 Å². The van der Waals surface area contributed by atoms with Gasteiger partial charge in [0.05, 0.1) is 12.1 Å². The number of halogens is 2. The Labute approximate surface area is 176 Å². The van der Waals surface area contributed by atoms with Crippen LogP contribution in [0, 0.1) is 0 Å². The Morgan fingerprint density at radius 3 is 2.61 bits per heavy atom. The van der Waals surface area contributed by atoms with Gasteiger partial charge in [0, 0.05) is 16.7 Å². The Hall–Kier alpha value is -2.35. The summed E-state index contributed by atoms with van der Waals surface area (Å²) >= 11 is 13.3. The lowest BCUT2D eigenvalue weighted by atomic mass is 10.2. The molecule has 28 heavy (non-hydrogen) atoms. The van der Waals surface area contributed by atoms with Crippen LogP contribution in [-0.2, 0) is 4.79 Å². The normalized spacial score (nSPS) is 11.7. The van der Waals surface area contributed by atoms with Gasteiger partial charge in [0.15, 0.2) is 6.10 Å². The molecule has 9 heteroatoms. The van der Waals surface area contributed by atoms with Crippen LogP contribution in [0.5, 0.6) is 11.5 Å². The van der Waals surface area contributed by atoms with E-state index in [1.165, 1.54) is 11.3 Å². The molecule has 0 saturated heterocycles. The molecular formula is C19H17Cl2N3O3S. The number of hydrogen-bond donors (Lipinski definition) is 1. The summed E-state index contributed by atoms with van der Waals surface area (Å²) in [6, 6.07) is 12.3. The second kappa shape index (κ2) is 9.23. The average Bonchev–Trinajstić information content (AvgIpc) is 3.17. The number of carbonyl (C=O) groups excluding carboxylic acids is 1. The van der Waals surface area contributed by atoms with E-state index in [4.69, 9.17) is 32.7 Å². The molecule has 1 atom stereocenters. The van der Waals surface area contributed by atoms with Crippen LogP contribution in [0.3, 0.4) is 0 Å². The van der Waals surface area contributed by atoms with Gasteiger partial charge < -0.3 is 9.47 Å². The van der Waals surface area contributed by atoms with Gasteiger partial charge in [0.1, 0.15) is 16.5 Å². The van der Waals surface area contributed by atoms with E-state index >= 15 is 0 Å². The number of hydrogen-bond acceptors (Lipinski definition) is 6. The van der Waals surface area contributed by atoms with Crippen molar-refractivity contribution in [1.29, 1.82) is 0 Å². The third-order valence-corrected chi connectivity index (χ3v) is 5.25. The molecule has 0 radical (unpaired) electrons. The Kier molecular flexibility index (Phi) is 6.72. The molecule has 3 rings (SSSR count). The van der Waals surface area contributed by atoms with Gasteiger partial charge in [0.2, 0.25) is 5.13 Å². The van der Waals surface area contributed by atoms with Gasteiger partial charge in [0.25, 0.3) is 5.91 Å². The Balaban J connectivity index is 1.69. The highest BCUT2D eigenvalue weighted by atomic mass is 35.5. The minimum atomic E-state index is -0.746. The van der Waals surface area contributed by atoms with Crippen LogP contribution < -0.4 is 14.8 Å². The number of carbonyl (C=O) groups is 1. The first-order chi connectivity index (χ1) is 13.5. The fourth-order valence-corrected chi connectivity index (χ4v) is 3.43. The molecule has 0 fully saturated rings. The van der Waals surface area contributed by atoms with Crippen molar-refractivity contribution in [2.24, 2.45) is 0 Å². The van der Waals surface area contributed by atoms with Crippen molar-refractivity contribution in [1.82, 2.24) is 10.2 Å². The molecule has 0 aliphatic rings. The highest BCUT2D eigenvalue weighted by Gasteiger charge is 2.21. The smallest absolute Gasteiger partial charge is 0.267 e. The maximum absolute atomic E-state index is 12.6. The Morgan fingerprint density at radius 1 is 1.18 bits per heavy atom. The molecule has 0 bridgehead atoms. The highest BCUT2D eigenvalue weighted by Crippen LogP contribution is 2.30. The number of methoxy groups -OCH3 is 1. The van der Waals surface area contributed by atoms with Gasteiger partial charge in [-0.05, 0) is 42.8 Å². The number of nitrogens with one attached hydrogen (secondary N) is 1. The van der Waals surface area contributed by atoms with E-state index < -0.39 is 6.10 Å². The molecule has 6 nitrogen and oxygen atoms in total. The summed E-state index contributed by atoms with van der Waals surface area (Å²) in [5.41, 5.74) is 0.882. The van der Waals surface area contributed by atoms with Crippen LogP contribution in [0.1, 0.15) is 13.3 Å². The molecule has 1 amide bonds. The fraction of sp³-hybridized carbons (Fsp3) is 0.211.